The van der Waals surface area contributed by atoms with Crippen LogP contribution in [0.2, 0.25) is 0 Å². The molecule has 4 atom stereocenters. The second kappa shape index (κ2) is 13.5. The Morgan fingerprint density at radius 1 is 1.15 bits per heavy atom. The molecule has 8 nitrogen and oxygen atoms in total. The highest BCUT2D eigenvalue weighted by Gasteiger charge is 2.32. The number of aromatic nitrogens is 1. The van der Waals surface area contributed by atoms with E-state index in [0.717, 1.165) is 31.6 Å². The highest BCUT2D eigenvalue weighted by molar-refractivity contribution is 7.92. The summed E-state index contributed by atoms with van der Waals surface area (Å²) in [6.45, 7) is 6.93. The minimum absolute atomic E-state index is 0.138. The lowest BCUT2D eigenvalue weighted by Gasteiger charge is -2.26. The van der Waals surface area contributed by atoms with E-state index in [1.54, 1.807) is 6.07 Å². The lowest BCUT2D eigenvalue weighted by atomic mass is 9.95. The molecule has 0 spiro atoms. The van der Waals surface area contributed by atoms with Gasteiger partial charge in [0.05, 0.1) is 6.26 Å². The lowest BCUT2D eigenvalue weighted by molar-refractivity contribution is 0.0929. The third-order valence-corrected chi connectivity index (χ3v) is 8.25. The molecule has 0 saturated heterocycles. The molecule has 4 N–H and O–H groups in total. The van der Waals surface area contributed by atoms with E-state index >= 15 is 0 Å². The van der Waals surface area contributed by atoms with Gasteiger partial charge in [-0.25, -0.2) is 22.2 Å². The van der Waals surface area contributed by atoms with Crippen LogP contribution < -0.4 is 20.7 Å². The summed E-state index contributed by atoms with van der Waals surface area (Å²) in [5.74, 6) is -0.212. The summed E-state index contributed by atoms with van der Waals surface area (Å²) in [5.41, 5.74) is 7.04. The molecule has 1 aliphatic rings. The molecule has 1 amide bonds. The zero-order valence-corrected chi connectivity index (χ0v) is 24.0. The van der Waals surface area contributed by atoms with Gasteiger partial charge in [-0.2, -0.15) is 0 Å². The zero-order chi connectivity index (χ0) is 28.7. The summed E-state index contributed by atoms with van der Waals surface area (Å²) in [5, 5.41) is 6.20. The number of nitrogens with two attached hydrogens (primary N) is 1. The maximum atomic E-state index is 13.9. The van der Waals surface area contributed by atoms with Gasteiger partial charge in [0.25, 0.3) is 5.91 Å². The molecule has 1 aromatic heterocycles. The summed E-state index contributed by atoms with van der Waals surface area (Å²) in [4.78, 5) is 18.1. The first-order valence-corrected chi connectivity index (χ1v) is 15.5. The van der Waals surface area contributed by atoms with Gasteiger partial charge in [-0.1, -0.05) is 33.6 Å². The van der Waals surface area contributed by atoms with Crippen molar-refractivity contribution in [2.75, 3.05) is 29.0 Å². The van der Waals surface area contributed by atoms with Crippen molar-refractivity contribution in [2.45, 2.75) is 71.4 Å². The molecule has 1 heterocycles. The van der Waals surface area contributed by atoms with Gasteiger partial charge >= 0.3 is 0 Å². The zero-order valence-electron chi connectivity index (χ0n) is 23.2. The van der Waals surface area contributed by atoms with Crippen LogP contribution in [0.15, 0.2) is 30.3 Å². The minimum Gasteiger partial charge on any atom is -0.370 e. The second-order valence-electron chi connectivity index (χ2n) is 10.7. The number of nitrogens with zero attached hydrogens (tertiary/aromatic N) is 2. The number of pyridine rings is 1. The molecule has 1 fully saturated rings. The van der Waals surface area contributed by atoms with Gasteiger partial charge in [-0.15, -0.1) is 0 Å². The Morgan fingerprint density at radius 3 is 2.38 bits per heavy atom. The van der Waals surface area contributed by atoms with E-state index in [4.69, 9.17) is 5.73 Å². The Kier molecular flexibility index (Phi) is 10.7. The van der Waals surface area contributed by atoms with Crippen LogP contribution in [-0.2, 0) is 16.4 Å². The Hall–Kier alpha value is -2.79. The second-order valence-corrected chi connectivity index (χ2v) is 12.6. The van der Waals surface area contributed by atoms with E-state index in [1.165, 1.54) is 22.5 Å². The Bertz CT molecular complexity index is 1220. The molecule has 0 aliphatic heterocycles. The molecule has 216 valence electrons. The summed E-state index contributed by atoms with van der Waals surface area (Å²) < 4.78 is 54.0. The maximum Gasteiger partial charge on any atom is 0.251 e. The normalized spacial score (nSPS) is 18.3. The van der Waals surface area contributed by atoms with Gasteiger partial charge in [0.1, 0.15) is 23.3 Å². The number of amides is 1. The van der Waals surface area contributed by atoms with E-state index in [2.05, 4.69) is 22.5 Å². The first-order chi connectivity index (χ1) is 18.4. The number of anilines is 2. The summed E-state index contributed by atoms with van der Waals surface area (Å²) >= 11 is 0. The quantitative estimate of drug-likeness (QED) is 0.294. The monoisotopic (exact) mass is 565 g/mol. The van der Waals surface area contributed by atoms with Crippen molar-refractivity contribution in [1.29, 1.82) is 0 Å². The molecule has 0 bridgehead atoms. The van der Waals surface area contributed by atoms with Gasteiger partial charge in [-0.3, -0.25) is 9.10 Å². The smallest absolute Gasteiger partial charge is 0.251 e. The molecule has 1 saturated carbocycles. The highest BCUT2D eigenvalue weighted by Crippen LogP contribution is 2.37. The van der Waals surface area contributed by atoms with Gasteiger partial charge in [0.15, 0.2) is 0 Å². The van der Waals surface area contributed by atoms with Crippen LogP contribution >= 0.6 is 0 Å². The predicted octanol–water partition coefficient (Wildman–Crippen LogP) is 4.46. The number of nitrogens with one attached hydrogen (secondary N) is 2. The average Bonchev–Trinajstić information content (AvgIpc) is 3.57. The van der Waals surface area contributed by atoms with E-state index in [0.29, 0.717) is 42.6 Å². The minimum atomic E-state index is -3.64. The first-order valence-electron chi connectivity index (χ1n) is 13.7. The summed E-state index contributed by atoms with van der Waals surface area (Å²) in [6.07, 6.45) is 5.26. The fourth-order valence-corrected chi connectivity index (χ4v) is 5.57. The summed E-state index contributed by atoms with van der Waals surface area (Å²) in [7, 11) is -3.64. The van der Waals surface area contributed by atoms with Gasteiger partial charge in [-0.05, 0) is 67.3 Å². The molecule has 1 aromatic carbocycles. The molecule has 2 aromatic rings. The number of halogens is 2. The average molecular weight is 566 g/mol. The van der Waals surface area contributed by atoms with Gasteiger partial charge < -0.3 is 16.4 Å². The fourth-order valence-electron chi connectivity index (χ4n) is 4.62. The molecule has 2 unspecified atom stereocenters. The Morgan fingerprint density at radius 2 is 1.82 bits per heavy atom. The van der Waals surface area contributed by atoms with Crippen molar-refractivity contribution in [3.05, 3.63) is 53.1 Å². The largest absolute Gasteiger partial charge is 0.370 e. The fraction of sp³-hybridized carbons (Fsp3) is 0.571. The van der Waals surface area contributed by atoms with E-state index in [9.17, 15) is 22.0 Å². The van der Waals surface area contributed by atoms with Crippen LogP contribution in [0.25, 0.3) is 0 Å². The number of carbonyl (C=O) groups excluding carboxylic acids is 1. The van der Waals surface area contributed by atoms with Crippen molar-refractivity contribution >= 4 is 27.6 Å². The van der Waals surface area contributed by atoms with E-state index in [1.807, 2.05) is 13.8 Å². The SMILES string of the molecule is CCCC[C@H](N)[C@H](Cc1cc(F)cc(F)c1)NC(=O)c1cc(NCC2CC2C)nc(N(CCC)S(C)(=O)=O)c1. The topological polar surface area (TPSA) is 117 Å². The number of sulfonamides is 1. The summed E-state index contributed by atoms with van der Waals surface area (Å²) in [6, 6.07) is 5.25. The van der Waals surface area contributed by atoms with Crippen LogP contribution in [0.5, 0.6) is 0 Å². The van der Waals surface area contributed by atoms with Crippen LogP contribution in [0.1, 0.15) is 68.8 Å². The Labute approximate surface area is 230 Å². The molecular formula is C28H41F2N5O3S. The Balaban J connectivity index is 1.92. The molecule has 0 radical (unpaired) electrons. The van der Waals surface area contributed by atoms with Crippen LogP contribution in [0, 0.1) is 23.5 Å². The van der Waals surface area contributed by atoms with Gasteiger partial charge in [0.2, 0.25) is 10.0 Å². The number of hydrogen-bond acceptors (Lipinski definition) is 6. The molecule has 39 heavy (non-hydrogen) atoms. The van der Waals surface area contributed by atoms with Crippen molar-refractivity contribution < 1.29 is 22.0 Å². The van der Waals surface area contributed by atoms with Gasteiger partial charge in [0, 0.05) is 36.8 Å². The van der Waals surface area contributed by atoms with Crippen molar-refractivity contribution in [3.8, 4) is 0 Å². The standard InChI is InChI=1S/C28H41F2N5O3S/c1-5-7-8-24(31)25(13-19-11-22(29)16-23(30)12-19)33-28(36)20-14-26(32-17-21-10-18(21)3)34-27(15-20)35(9-6-2)39(4,37)38/h11-12,14-16,18,21,24-25H,5-10,13,17,31H2,1-4H3,(H,32,34)(H,33,36)/t18?,21?,24-,25-/m0/s1. The molecular weight excluding hydrogens is 524 g/mol. The highest BCUT2D eigenvalue weighted by atomic mass is 32.2. The number of carbonyl (C=O) groups is 1. The van der Waals surface area contributed by atoms with Crippen LogP contribution in [0.3, 0.4) is 0 Å². The maximum absolute atomic E-state index is 13.9. The van der Waals surface area contributed by atoms with E-state index < -0.39 is 39.6 Å². The molecule has 1 aliphatic carbocycles. The van der Waals surface area contributed by atoms with Crippen molar-refractivity contribution in [2.24, 2.45) is 17.6 Å². The third-order valence-electron chi connectivity index (χ3n) is 7.08. The number of unbranched alkanes of at least 4 members (excludes halogenated alkanes) is 1. The van der Waals surface area contributed by atoms with E-state index in [-0.39, 0.29) is 24.3 Å². The molecule has 11 heteroatoms. The van der Waals surface area contributed by atoms with Crippen LogP contribution in [0.4, 0.5) is 20.4 Å². The lowest BCUT2D eigenvalue weighted by Crippen LogP contribution is -2.49. The van der Waals surface area contributed by atoms with Crippen LogP contribution in [-0.4, -0.2) is 50.7 Å². The predicted molar refractivity (Wildman–Crippen MR) is 151 cm³/mol. The van der Waals surface area contributed by atoms with Crippen molar-refractivity contribution in [3.63, 3.8) is 0 Å². The third kappa shape index (κ3) is 9.13. The van der Waals surface area contributed by atoms with Crippen molar-refractivity contribution in [1.82, 2.24) is 10.3 Å². The molecule has 3 rings (SSSR count). The first kappa shape index (κ1) is 30.7. The number of benzene rings is 1. The number of rotatable bonds is 15. The number of hydrogen-bond donors (Lipinski definition) is 3.